The second-order valence-electron chi connectivity index (χ2n) is 26.6. The Balaban J connectivity index is 0.000000245. The number of carbonyl (C=O) groups is 6. The van der Waals surface area contributed by atoms with Gasteiger partial charge in [0.05, 0.1) is 72.2 Å². The number of nitrogens with zero attached hydrogens (tertiary/aromatic N) is 2. The summed E-state index contributed by atoms with van der Waals surface area (Å²) in [6.45, 7) is 17.2. The summed E-state index contributed by atoms with van der Waals surface area (Å²) in [5.74, 6) is -1.80. The van der Waals surface area contributed by atoms with Crippen LogP contribution >= 0.6 is 0 Å². The van der Waals surface area contributed by atoms with Gasteiger partial charge in [-0.05, 0) is 141 Å². The van der Waals surface area contributed by atoms with Gasteiger partial charge >= 0.3 is 11.4 Å². The predicted octanol–water partition coefficient (Wildman–Crippen LogP) is 16.1. The molecule has 0 saturated carbocycles. The van der Waals surface area contributed by atoms with Gasteiger partial charge in [0.15, 0.2) is 11.5 Å². The van der Waals surface area contributed by atoms with Crippen LogP contribution in [0.3, 0.4) is 0 Å². The second-order valence-corrected chi connectivity index (χ2v) is 26.6. The van der Waals surface area contributed by atoms with E-state index >= 15 is 0 Å². The summed E-state index contributed by atoms with van der Waals surface area (Å²) in [5, 5.41) is 39.1. The molecule has 10 rings (SSSR count). The van der Waals surface area contributed by atoms with Crippen molar-refractivity contribution in [2.75, 3.05) is 60.9 Å². The van der Waals surface area contributed by atoms with E-state index in [0.717, 1.165) is 32.7 Å². The van der Waals surface area contributed by atoms with Crippen LogP contribution in [0.25, 0.3) is 21.5 Å². The lowest BCUT2D eigenvalue weighted by Crippen LogP contribution is -2.17. The number of nitrogens with two attached hydrogens (primary N) is 2. The highest BCUT2D eigenvalue weighted by Gasteiger charge is 2.25. The summed E-state index contributed by atoms with van der Waals surface area (Å²) < 4.78 is 35.5. The average Bonchev–Trinajstić information content (AvgIpc) is 0.820. The molecule has 24 nitrogen and oxygen atoms in total. The summed E-state index contributed by atoms with van der Waals surface area (Å²) in [6, 6.07) is 54.3. The smallest absolute Gasteiger partial charge is 0.310 e. The summed E-state index contributed by atoms with van der Waals surface area (Å²) >= 11 is 0. The van der Waals surface area contributed by atoms with Crippen molar-refractivity contribution in [3.05, 3.63) is 259 Å². The maximum absolute atomic E-state index is 13.6. The van der Waals surface area contributed by atoms with Crippen molar-refractivity contribution in [1.29, 1.82) is 0 Å². The van der Waals surface area contributed by atoms with Crippen molar-refractivity contribution in [2.45, 2.75) is 68.2 Å². The zero-order chi connectivity index (χ0) is 76.1. The molecule has 0 atom stereocenters. The normalized spacial score (nSPS) is 11.0. The molecule has 0 aromatic heterocycles. The molecule has 10 aromatic rings. The van der Waals surface area contributed by atoms with E-state index in [1.165, 1.54) is 84.9 Å². The Morgan fingerprint density at radius 1 is 0.330 bits per heavy atom. The van der Waals surface area contributed by atoms with E-state index < -0.39 is 45.3 Å². The number of benzene rings is 10. The Bertz CT molecular complexity index is 4890. The molecular weight excluding hydrogens is 1350 g/mol. The molecule has 0 unspecified atom stereocenters. The van der Waals surface area contributed by atoms with Gasteiger partial charge in [-0.3, -0.25) is 49.0 Å². The topological polar surface area (TPSA) is 344 Å². The molecule has 0 aliphatic carbocycles. The first kappa shape index (κ1) is 77.3. The first-order valence-corrected chi connectivity index (χ1v) is 34.5. The molecular formula is C82H84N8O16. The van der Waals surface area contributed by atoms with E-state index in [1.807, 2.05) is 128 Å². The number of nitro groups is 2. The number of hydrogen-bond donors (Lipinski definition) is 6. The molecule has 548 valence electrons. The molecule has 0 radical (unpaired) electrons. The average molecular weight is 1440 g/mol. The lowest BCUT2D eigenvalue weighted by molar-refractivity contribution is -0.386. The zero-order valence-corrected chi connectivity index (χ0v) is 60.0. The van der Waals surface area contributed by atoms with Gasteiger partial charge in [0.1, 0.15) is 23.0 Å². The quantitative estimate of drug-likeness (QED) is 0.0168. The van der Waals surface area contributed by atoms with Gasteiger partial charge < -0.3 is 61.2 Å². The van der Waals surface area contributed by atoms with Crippen LogP contribution in [-0.2, 0) is 12.8 Å². The second kappa shape index (κ2) is 36.3. The molecule has 24 heteroatoms. The van der Waals surface area contributed by atoms with Crippen LogP contribution in [0.15, 0.2) is 194 Å². The van der Waals surface area contributed by atoms with Gasteiger partial charge in [-0.25, -0.2) is 0 Å². The first-order valence-electron chi connectivity index (χ1n) is 34.5. The number of anilines is 4. The maximum atomic E-state index is 13.6. The third-order valence-electron chi connectivity index (χ3n) is 16.1. The van der Waals surface area contributed by atoms with E-state index in [4.69, 9.17) is 39.9 Å². The summed E-state index contributed by atoms with van der Waals surface area (Å²) in [6.07, 6.45) is 1.08. The molecule has 0 aliphatic heterocycles. The fourth-order valence-corrected chi connectivity index (χ4v) is 10.6. The summed E-state index contributed by atoms with van der Waals surface area (Å²) in [5.41, 5.74) is 15.0. The van der Waals surface area contributed by atoms with Crippen LogP contribution in [0.4, 0.5) is 34.1 Å². The number of hydrogen-bond acceptors (Lipinski definition) is 16. The molecule has 0 aliphatic rings. The fourth-order valence-electron chi connectivity index (χ4n) is 10.6. The largest absolute Gasteiger partial charge is 0.491 e. The molecule has 0 bridgehead atoms. The number of nitrogens with one attached hydrogen (secondary N) is 4. The minimum absolute atomic E-state index is 0.0134. The monoisotopic (exact) mass is 1440 g/mol. The third kappa shape index (κ3) is 21.6. The van der Waals surface area contributed by atoms with Gasteiger partial charge in [0.25, 0.3) is 23.6 Å². The van der Waals surface area contributed by atoms with Crippen molar-refractivity contribution < 1.29 is 67.0 Å². The van der Waals surface area contributed by atoms with Gasteiger partial charge in [-0.1, -0.05) is 140 Å². The maximum Gasteiger partial charge on any atom is 0.310 e. The molecule has 0 fully saturated rings. The Morgan fingerprint density at radius 2 is 0.594 bits per heavy atom. The number of rotatable bonds is 32. The number of ether oxygens (including phenoxy) is 6. The number of fused-ring (bicyclic) bond motifs is 2. The molecule has 0 saturated heterocycles. The van der Waals surface area contributed by atoms with E-state index in [9.17, 15) is 49.0 Å². The standard InChI is InChI=1S/2C41H42N4O8/c1-25(2)23-52-36-20-30(39(42)46)11-14-33(36)43-40(47)31-12-15-34(37(21-31)53-24-26(3)4)44-41(48)32-13-16-35(45(49)50)38(22-32)51-18-17-27-9-10-28-7-5-6-8-29(28)19-27;1-25(2)23-52-37-21-31(12-15-34(37)44-41(48)32-13-16-35(45(49)50)38(22-32)53-24-26(3)4)40(47)43-33-14-11-30(39(42)46)20-36(33)51-18-17-27-9-10-28-7-5-6-8-29(28)19-27/h2*5-16,19-22,25-26H,17-18,23-24H2,1-4H3,(H2,42,46)(H,43,47)(H,44,48). The van der Waals surface area contributed by atoms with Crippen LogP contribution in [0.2, 0.25) is 0 Å². The van der Waals surface area contributed by atoms with E-state index in [1.54, 1.807) is 24.3 Å². The first-order chi connectivity index (χ1) is 50.7. The van der Waals surface area contributed by atoms with Gasteiger partial charge in [0.2, 0.25) is 11.8 Å². The fraction of sp³-hybridized carbons (Fsp3) is 0.244. The highest BCUT2D eigenvalue weighted by atomic mass is 16.6. The molecule has 8 N–H and O–H groups in total. The Labute approximate surface area is 613 Å². The predicted molar refractivity (Wildman–Crippen MR) is 408 cm³/mol. The number of primary amides is 2. The van der Waals surface area contributed by atoms with E-state index in [2.05, 4.69) is 33.4 Å². The van der Waals surface area contributed by atoms with Crippen LogP contribution in [0, 0.1) is 43.9 Å². The molecule has 6 amide bonds. The van der Waals surface area contributed by atoms with Gasteiger partial charge in [0, 0.05) is 70.5 Å². The Morgan fingerprint density at radius 3 is 0.915 bits per heavy atom. The van der Waals surface area contributed by atoms with Crippen LogP contribution in [0.5, 0.6) is 34.5 Å². The number of carbonyl (C=O) groups excluding carboxylic acids is 6. The highest BCUT2D eigenvalue weighted by molar-refractivity contribution is 6.10. The Kier molecular flexibility index (Phi) is 26.5. The lowest BCUT2D eigenvalue weighted by Gasteiger charge is -2.17. The van der Waals surface area contributed by atoms with Crippen LogP contribution in [0.1, 0.15) is 129 Å². The van der Waals surface area contributed by atoms with Gasteiger partial charge in [-0.2, -0.15) is 0 Å². The summed E-state index contributed by atoms with van der Waals surface area (Å²) in [4.78, 5) is 100.0. The minimum atomic E-state index is -0.639. The van der Waals surface area contributed by atoms with Crippen LogP contribution < -0.4 is 61.2 Å². The lowest BCUT2D eigenvalue weighted by atomic mass is 10.1. The van der Waals surface area contributed by atoms with Crippen molar-refractivity contribution in [3.63, 3.8) is 0 Å². The van der Waals surface area contributed by atoms with Crippen molar-refractivity contribution in [1.82, 2.24) is 0 Å². The number of amides is 6. The zero-order valence-electron chi connectivity index (χ0n) is 60.0. The molecule has 106 heavy (non-hydrogen) atoms. The van der Waals surface area contributed by atoms with E-state index in [-0.39, 0.29) is 123 Å². The molecule has 0 heterocycles. The van der Waals surface area contributed by atoms with Crippen molar-refractivity contribution in [2.24, 2.45) is 35.1 Å². The van der Waals surface area contributed by atoms with Crippen LogP contribution in [-0.4, -0.2) is 84.9 Å². The van der Waals surface area contributed by atoms with E-state index in [0.29, 0.717) is 55.5 Å². The molecule has 10 aromatic carbocycles. The molecule has 0 spiro atoms. The highest BCUT2D eigenvalue weighted by Crippen LogP contribution is 2.36. The summed E-state index contributed by atoms with van der Waals surface area (Å²) in [7, 11) is 0. The third-order valence-corrected chi connectivity index (χ3v) is 16.1. The Hall–Kier alpha value is -12.9. The van der Waals surface area contributed by atoms with Crippen molar-refractivity contribution >= 4 is 91.1 Å². The van der Waals surface area contributed by atoms with Gasteiger partial charge in [-0.15, -0.1) is 0 Å². The van der Waals surface area contributed by atoms with Crippen molar-refractivity contribution in [3.8, 4) is 34.5 Å². The SMILES string of the molecule is CC(C)COc1cc(C(=O)Nc2ccc(C(N)=O)cc2OCCc2ccc3ccccc3c2)ccc1NC(=O)c1ccc([N+](=O)[O-])c(OCC(C)C)c1.CC(C)COc1cc(C(N)=O)ccc1NC(=O)c1ccc(NC(=O)c2ccc([N+](=O)[O-])c(OCCc3ccc4ccccc4c3)c2)c(OCC(C)C)c1. The number of nitro benzene ring substituents is 2. The minimum Gasteiger partial charge on any atom is -0.491 e.